The van der Waals surface area contributed by atoms with Gasteiger partial charge >= 0.3 is 6.03 Å². The number of nitrogens with one attached hydrogen (secondary N) is 1. The lowest BCUT2D eigenvalue weighted by molar-refractivity contribution is 0.248. The van der Waals surface area contributed by atoms with Gasteiger partial charge in [0.1, 0.15) is 9.84 Å². The maximum Gasteiger partial charge on any atom is 0.312 e. The first-order valence-corrected chi connectivity index (χ1v) is 7.19. The smallest absolute Gasteiger partial charge is 0.312 e. The average molecular weight is 236 g/mol. The van der Waals surface area contributed by atoms with Crippen molar-refractivity contribution >= 4 is 15.9 Å². The van der Waals surface area contributed by atoms with E-state index in [0.29, 0.717) is 6.54 Å². The van der Waals surface area contributed by atoms with E-state index in [1.165, 1.54) is 6.26 Å². The summed E-state index contributed by atoms with van der Waals surface area (Å²) >= 11 is 0. The molecule has 0 radical (unpaired) electrons. The number of amides is 2. The zero-order valence-corrected chi connectivity index (χ0v) is 9.98. The summed E-state index contributed by atoms with van der Waals surface area (Å²) in [5.41, 5.74) is 4.89. The molecule has 5 nitrogen and oxygen atoms in total. The van der Waals surface area contributed by atoms with Crippen molar-refractivity contribution in [1.82, 2.24) is 5.32 Å². The molecule has 3 N–H and O–H groups in total. The Morgan fingerprint density at radius 3 is 2.20 bits per heavy atom. The number of urea groups is 1. The number of carbonyl (C=O) groups excluding carboxylic acids is 1. The Kier molecular flexibility index (Phi) is 7.11. The summed E-state index contributed by atoms with van der Waals surface area (Å²) in [5, 5.41) is 2.50. The Balaban J connectivity index is 3.16. The van der Waals surface area contributed by atoms with Crippen molar-refractivity contribution in [3.8, 4) is 0 Å². The lowest BCUT2D eigenvalue weighted by atomic mass is 10.1. The molecule has 90 valence electrons. The van der Waals surface area contributed by atoms with Gasteiger partial charge in [-0.15, -0.1) is 0 Å². The molecule has 0 aliphatic heterocycles. The van der Waals surface area contributed by atoms with Gasteiger partial charge in [-0.25, -0.2) is 13.2 Å². The lowest BCUT2D eigenvalue weighted by Gasteiger charge is -2.02. The van der Waals surface area contributed by atoms with Gasteiger partial charge in [0, 0.05) is 18.6 Å². The monoisotopic (exact) mass is 236 g/mol. The van der Waals surface area contributed by atoms with Crippen molar-refractivity contribution in [1.29, 1.82) is 0 Å². The maximum atomic E-state index is 10.8. The zero-order chi connectivity index (χ0) is 11.7. The Bertz CT molecular complexity index is 275. The predicted molar refractivity (Wildman–Crippen MR) is 60.4 cm³/mol. The minimum absolute atomic E-state index is 0.270. The number of carbonyl (C=O) groups is 1. The van der Waals surface area contributed by atoms with Crippen LogP contribution in [0.2, 0.25) is 0 Å². The van der Waals surface area contributed by atoms with Gasteiger partial charge < -0.3 is 11.1 Å². The number of rotatable bonds is 8. The molecule has 0 atom stereocenters. The van der Waals surface area contributed by atoms with Gasteiger partial charge in [-0.3, -0.25) is 0 Å². The topological polar surface area (TPSA) is 89.3 Å². The summed E-state index contributed by atoms with van der Waals surface area (Å²) in [6, 6.07) is -0.493. The van der Waals surface area contributed by atoms with E-state index in [-0.39, 0.29) is 5.75 Å². The fourth-order valence-electron chi connectivity index (χ4n) is 1.23. The summed E-state index contributed by atoms with van der Waals surface area (Å²) in [4.78, 5) is 10.3. The Hall–Kier alpha value is -0.780. The van der Waals surface area contributed by atoms with Crippen molar-refractivity contribution in [2.24, 2.45) is 5.73 Å². The second kappa shape index (κ2) is 7.50. The van der Waals surface area contributed by atoms with Crippen LogP contribution in [-0.4, -0.2) is 33.0 Å². The van der Waals surface area contributed by atoms with Crippen LogP contribution >= 0.6 is 0 Å². The summed E-state index contributed by atoms with van der Waals surface area (Å²) in [6.45, 7) is 0.599. The van der Waals surface area contributed by atoms with Crippen LogP contribution in [-0.2, 0) is 9.84 Å². The molecular formula is C9H20N2O3S. The maximum absolute atomic E-state index is 10.8. The quantitative estimate of drug-likeness (QED) is 0.606. The van der Waals surface area contributed by atoms with Crippen LogP contribution in [0.5, 0.6) is 0 Å². The number of hydrogen-bond acceptors (Lipinski definition) is 3. The molecule has 0 spiro atoms. The highest BCUT2D eigenvalue weighted by Gasteiger charge is 2.00. The van der Waals surface area contributed by atoms with E-state index in [4.69, 9.17) is 5.73 Å². The molecule has 0 aromatic heterocycles. The van der Waals surface area contributed by atoms with E-state index >= 15 is 0 Å². The Morgan fingerprint density at radius 2 is 1.67 bits per heavy atom. The first-order valence-electron chi connectivity index (χ1n) is 5.13. The van der Waals surface area contributed by atoms with Crippen molar-refractivity contribution < 1.29 is 13.2 Å². The molecule has 0 saturated heterocycles. The van der Waals surface area contributed by atoms with Crippen LogP contribution in [0.1, 0.15) is 32.1 Å². The highest BCUT2D eigenvalue weighted by molar-refractivity contribution is 7.90. The highest BCUT2D eigenvalue weighted by Crippen LogP contribution is 2.03. The number of hydrogen-bond donors (Lipinski definition) is 2. The van der Waals surface area contributed by atoms with E-state index in [1.807, 2.05) is 0 Å². The number of primary amides is 1. The summed E-state index contributed by atoms with van der Waals surface area (Å²) in [7, 11) is -2.81. The largest absolute Gasteiger partial charge is 0.352 e. The van der Waals surface area contributed by atoms with E-state index in [9.17, 15) is 13.2 Å². The normalized spacial score (nSPS) is 11.3. The molecule has 0 aromatic carbocycles. The first kappa shape index (κ1) is 14.2. The van der Waals surface area contributed by atoms with Crippen LogP contribution in [0.4, 0.5) is 4.79 Å². The zero-order valence-electron chi connectivity index (χ0n) is 9.16. The van der Waals surface area contributed by atoms with E-state index in [2.05, 4.69) is 5.32 Å². The summed E-state index contributed by atoms with van der Waals surface area (Å²) < 4.78 is 21.6. The lowest BCUT2D eigenvalue weighted by Crippen LogP contribution is -2.29. The van der Waals surface area contributed by atoms with Crippen LogP contribution in [0, 0.1) is 0 Å². The molecular weight excluding hydrogens is 216 g/mol. The first-order chi connectivity index (χ1) is 6.92. The number of sulfone groups is 1. The molecule has 0 fully saturated rings. The van der Waals surface area contributed by atoms with Gasteiger partial charge in [-0.2, -0.15) is 0 Å². The molecule has 0 aromatic rings. The van der Waals surface area contributed by atoms with Crippen LogP contribution in [0.25, 0.3) is 0 Å². The average Bonchev–Trinajstić information content (AvgIpc) is 2.07. The molecule has 0 rings (SSSR count). The van der Waals surface area contributed by atoms with E-state index in [1.54, 1.807) is 0 Å². The SMILES string of the molecule is CS(=O)(=O)CCCCCCCNC(N)=O. The van der Waals surface area contributed by atoms with Crippen molar-refractivity contribution in [2.45, 2.75) is 32.1 Å². The second-order valence-electron chi connectivity index (χ2n) is 3.69. The van der Waals surface area contributed by atoms with Gasteiger partial charge in [-0.1, -0.05) is 19.3 Å². The highest BCUT2D eigenvalue weighted by atomic mass is 32.2. The van der Waals surface area contributed by atoms with Gasteiger partial charge in [0.2, 0.25) is 0 Å². The fraction of sp³-hybridized carbons (Fsp3) is 0.889. The molecule has 15 heavy (non-hydrogen) atoms. The standard InChI is InChI=1S/C9H20N2O3S/c1-15(13,14)8-6-4-2-3-5-7-11-9(10)12/h2-8H2,1H3,(H3,10,11,12). The molecule has 0 bridgehead atoms. The second-order valence-corrected chi connectivity index (χ2v) is 5.95. The molecule has 0 aliphatic rings. The summed E-state index contributed by atoms with van der Waals surface area (Å²) in [5.74, 6) is 0.270. The molecule has 0 aliphatic carbocycles. The molecule has 6 heteroatoms. The van der Waals surface area contributed by atoms with Gasteiger partial charge in [0.05, 0.1) is 0 Å². The van der Waals surface area contributed by atoms with E-state index in [0.717, 1.165) is 32.1 Å². The van der Waals surface area contributed by atoms with Gasteiger partial charge in [-0.05, 0) is 12.8 Å². The Labute approximate surface area is 91.3 Å². The predicted octanol–water partition coefficient (Wildman–Crippen LogP) is 0.650. The third-order valence-corrected chi connectivity index (χ3v) is 3.02. The van der Waals surface area contributed by atoms with Crippen molar-refractivity contribution in [2.75, 3.05) is 18.6 Å². The third-order valence-electron chi connectivity index (χ3n) is 1.99. The molecule has 0 heterocycles. The van der Waals surface area contributed by atoms with Crippen LogP contribution in [0.3, 0.4) is 0 Å². The number of nitrogens with two attached hydrogens (primary N) is 1. The third kappa shape index (κ3) is 13.2. The molecule has 2 amide bonds. The minimum Gasteiger partial charge on any atom is -0.352 e. The van der Waals surface area contributed by atoms with Crippen molar-refractivity contribution in [3.63, 3.8) is 0 Å². The van der Waals surface area contributed by atoms with Gasteiger partial charge in [0.15, 0.2) is 0 Å². The van der Waals surface area contributed by atoms with Crippen molar-refractivity contribution in [3.05, 3.63) is 0 Å². The minimum atomic E-state index is -2.81. The fourth-order valence-corrected chi connectivity index (χ4v) is 1.96. The number of unbranched alkanes of at least 4 members (excludes halogenated alkanes) is 4. The molecule has 0 unspecified atom stereocenters. The Morgan fingerprint density at radius 1 is 1.13 bits per heavy atom. The summed E-state index contributed by atoms with van der Waals surface area (Å²) in [6.07, 6.45) is 5.78. The van der Waals surface area contributed by atoms with E-state index < -0.39 is 15.9 Å². The van der Waals surface area contributed by atoms with Gasteiger partial charge in [0.25, 0.3) is 0 Å². The van der Waals surface area contributed by atoms with Crippen LogP contribution < -0.4 is 11.1 Å². The molecule has 0 saturated carbocycles. The van der Waals surface area contributed by atoms with Crippen LogP contribution in [0.15, 0.2) is 0 Å².